The lowest BCUT2D eigenvalue weighted by atomic mass is 9.78. The molecule has 2 fully saturated rings. The van der Waals surface area contributed by atoms with E-state index in [0.717, 1.165) is 39.3 Å². The summed E-state index contributed by atoms with van der Waals surface area (Å²) in [6, 6.07) is 0. The summed E-state index contributed by atoms with van der Waals surface area (Å²) in [5.74, 6) is -13.1. The van der Waals surface area contributed by atoms with Crippen molar-refractivity contribution in [3.8, 4) is 34.5 Å². The normalized spacial score (nSPS) is 32.7. The number of hydrogen-bond donors (Lipinski definition) is 10. The number of fused-ring (bicyclic) bond motifs is 2. The Bertz CT molecular complexity index is 4910. The Labute approximate surface area is 711 Å². The number of ether oxygens (including phenoxy) is 8. The third kappa shape index (κ3) is 18.0. The summed E-state index contributed by atoms with van der Waals surface area (Å²) < 4.78 is 48.0. The number of anilines is 2. The minimum atomic E-state index is -1.95. The molecule has 0 radical (unpaired) electrons. The fourth-order valence-corrected chi connectivity index (χ4v) is 18.5. The first-order valence-electron chi connectivity index (χ1n) is 42.4. The molecule has 4 aromatic rings. The number of phenolic OH excluding ortho intramolecular Hbond substituents is 4. The van der Waals surface area contributed by atoms with E-state index in [2.05, 4.69) is 58.1 Å². The second kappa shape index (κ2) is 36.6. The summed E-state index contributed by atoms with van der Waals surface area (Å²) in [5.41, 5.74) is -0.222. The highest BCUT2D eigenvalue weighted by atomic mass is 16.7. The number of Topliss-reactive ketones (excluding diaryl/α,β-unsaturated/α-hetero) is 2. The van der Waals surface area contributed by atoms with E-state index in [9.17, 15) is 69.6 Å². The van der Waals surface area contributed by atoms with Crippen molar-refractivity contribution in [1.29, 1.82) is 0 Å². The van der Waals surface area contributed by atoms with Gasteiger partial charge in [0.05, 0.1) is 82.4 Å². The highest BCUT2D eigenvalue weighted by molar-refractivity contribution is 6.23. The molecule has 30 heteroatoms. The van der Waals surface area contributed by atoms with Crippen molar-refractivity contribution in [2.24, 2.45) is 79.1 Å². The van der Waals surface area contributed by atoms with Gasteiger partial charge in [0, 0.05) is 187 Å². The lowest BCUT2D eigenvalue weighted by Gasteiger charge is -2.38. The number of esters is 2. The minimum absolute atomic E-state index is 0.0538. The van der Waals surface area contributed by atoms with Crippen molar-refractivity contribution in [2.75, 3.05) is 64.1 Å². The number of aliphatic hydroxyl groups is 4. The van der Waals surface area contributed by atoms with Crippen molar-refractivity contribution >= 4 is 68.2 Å². The zero-order chi connectivity index (χ0) is 89.8. The summed E-state index contributed by atoms with van der Waals surface area (Å²) in [7, 11) is 2.94. The van der Waals surface area contributed by atoms with Gasteiger partial charge in [0.2, 0.25) is 0 Å². The van der Waals surface area contributed by atoms with Crippen LogP contribution in [0, 0.1) is 73.0 Å². The Hall–Kier alpha value is -9.66. The first-order valence-corrected chi connectivity index (χ1v) is 42.4. The Balaban J connectivity index is 0.000000238. The number of piperidine rings is 2. The molecule has 2 amide bonds. The van der Waals surface area contributed by atoms with Crippen molar-refractivity contribution < 1.29 is 108 Å². The van der Waals surface area contributed by atoms with Gasteiger partial charge in [-0.3, -0.25) is 38.8 Å². The van der Waals surface area contributed by atoms with Crippen LogP contribution in [0.25, 0.3) is 21.5 Å². The number of benzene rings is 4. The predicted octanol–water partition coefficient (Wildman–Crippen LogP) is 9.50. The fraction of sp³-hybridized carbons (Fsp3) is 0.587. The highest BCUT2D eigenvalue weighted by Gasteiger charge is 2.54. The molecular weight excluding hydrogens is 1570 g/mol. The summed E-state index contributed by atoms with van der Waals surface area (Å²) in [6.07, 6.45) is 10.1. The molecule has 122 heavy (non-hydrogen) atoms. The molecule has 8 aliphatic heterocycles. The van der Waals surface area contributed by atoms with Crippen LogP contribution in [0.1, 0.15) is 182 Å². The number of methoxy groups -OCH3 is 2. The molecule has 4 aromatic carbocycles. The summed E-state index contributed by atoms with van der Waals surface area (Å²) >= 11 is 0. The van der Waals surface area contributed by atoms with Crippen LogP contribution in [0.2, 0.25) is 0 Å². The molecule has 2 saturated heterocycles. The van der Waals surface area contributed by atoms with Gasteiger partial charge in [-0.1, -0.05) is 120 Å². The number of carbonyl (C=O) groups is 6. The number of nitrogens with one attached hydrogen (secondary N) is 2. The first-order chi connectivity index (χ1) is 57.3. The summed E-state index contributed by atoms with van der Waals surface area (Å²) in [6.45, 7) is 39.1. The summed E-state index contributed by atoms with van der Waals surface area (Å²) in [5, 5.41) is 101. The number of rotatable bonds is 8. The van der Waals surface area contributed by atoms with E-state index in [0.29, 0.717) is 48.9 Å². The van der Waals surface area contributed by atoms with Crippen LogP contribution in [-0.4, -0.2) is 211 Å². The largest absolute Gasteiger partial charge is 0.507 e. The molecule has 12 rings (SSSR count). The third-order valence-corrected chi connectivity index (χ3v) is 25.8. The second-order valence-electron chi connectivity index (χ2n) is 36.0. The number of likely N-dealkylation sites (tertiary alicyclic amines) is 2. The fourth-order valence-electron chi connectivity index (χ4n) is 18.5. The smallest absolute Gasteiger partial charge is 0.312 e. The summed E-state index contributed by atoms with van der Waals surface area (Å²) in [4.78, 5) is 106. The quantitative estimate of drug-likeness (QED) is 0.0579. The van der Waals surface area contributed by atoms with Gasteiger partial charge in [-0.15, -0.1) is 0 Å². The van der Waals surface area contributed by atoms with E-state index < -0.39 is 166 Å². The SMILES string of the molecule is CO[C@@H]1/C=C\O[C@@]2(C)Oc3c(C)c(O)c4c(O)c(c5c(c4c3C2=O)NC2(CCN(CC(C)C)CC2)N=5)=NC(=O)/C(C)=C\C=C/[C@@H](C)[C@@H](O)[C@H](C)[C@H](O)[C@H](C)[C@H](OC(C)=O)[C@@H]1C.CO[C@@H]1/C=C\O[C@@]2(C)Oc3c(C)c(O)c4c(O)c(c5c(c4c3C2=O)NC2(CCN(CC(C)C)CC2)N=5)=NC(=O)/C(C)=C\C=C/[C@@H](C)[C@@H](O)[C@H](C)[C@H](O)[C@H](C)[C@H](OC(C)=O)[C@@H]1C. The third-order valence-electron chi connectivity index (χ3n) is 25.8. The monoisotopic (exact) mass is 1690 g/mol. The van der Waals surface area contributed by atoms with E-state index in [1.807, 2.05) is 0 Å². The van der Waals surface area contributed by atoms with Crippen LogP contribution in [0.5, 0.6) is 34.5 Å². The molecule has 0 aliphatic carbocycles. The van der Waals surface area contributed by atoms with Crippen LogP contribution in [0.15, 0.2) is 92.2 Å². The van der Waals surface area contributed by atoms with Gasteiger partial charge in [-0.2, -0.15) is 0 Å². The molecular formula is C92H124N8O22. The highest BCUT2D eigenvalue weighted by Crippen LogP contribution is 2.54. The van der Waals surface area contributed by atoms with Gasteiger partial charge < -0.3 is 99.2 Å². The van der Waals surface area contributed by atoms with Crippen LogP contribution < -0.4 is 41.5 Å². The zero-order valence-corrected chi connectivity index (χ0v) is 74.2. The predicted molar refractivity (Wildman–Crippen MR) is 455 cm³/mol. The van der Waals surface area contributed by atoms with E-state index in [4.69, 9.17) is 47.9 Å². The Morgan fingerprint density at radius 3 is 1.14 bits per heavy atom. The zero-order valence-electron chi connectivity index (χ0n) is 74.2. The van der Waals surface area contributed by atoms with E-state index in [1.54, 1.807) is 132 Å². The Morgan fingerprint density at radius 2 is 0.828 bits per heavy atom. The molecule has 10 N–H and O–H groups in total. The number of allylic oxidation sites excluding steroid dienone is 4. The van der Waals surface area contributed by atoms with Crippen LogP contribution >= 0.6 is 0 Å². The number of carbonyl (C=O) groups excluding carboxylic acids is 6. The molecule has 0 saturated carbocycles. The van der Waals surface area contributed by atoms with E-state index in [-0.39, 0.29) is 99.4 Å². The molecule has 0 unspecified atom stereocenters. The molecule has 2 spiro atoms. The van der Waals surface area contributed by atoms with Crippen molar-refractivity contribution in [3.05, 3.63) is 116 Å². The number of hydrogen-bond acceptors (Lipinski definition) is 28. The van der Waals surface area contributed by atoms with Gasteiger partial charge >= 0.3 is 23.5 Å². The maximum atomic E-state index is 14.7. The lowest BCUT2D eigenvalue weighted by molar-refractivity contribution is -0.161. The minimum Gasteiger partial charge on any atom is -0.507 e. The Kier molecular flexibility index (Phi) is 27.9. The van der Waals surface area contributed by atoms with Crippen molar-refractivity contribution in [2.45, 2.75) is 236 Å². The lowest BCUT2D eigenvalue weighted by Crippen LogP contribution is -2.47. The maximum absolute atomic E-state index is 14.7. The second-order valence-corrected chi connectivity index (χ2v) is 36.0. The van der Waals surface area contributed by atoms with Crippen molar-refractivity contribution in [1.82, 2.24) is 9.80 Å². The number of ketones is 2. The maximum Gasteiger partial charge on any atom is 0.312 e. The van der Waals surface area contributed by atoms with Crippen LogP contribution in [0.3, 0.4) is 0 Å². The number of phenols is 4. The average molecular weight is 1690 g/mol. The number of nitrogens with zero attached hydrogens (tertiary/aromatic N) is 6. The molecule has 18 atom stereocenters. The first kappa shape index (κ1) is 93.0. The molecule has 8 heterocycles. The topological polar surface area (TPSA) is 418 Å². The van der Waals surface area contributed by atoms with E-state index >= 15 is 0 Å². The van der Waals surface area contributed by atoms with E-state index in [1.165, 1.54) is 54.4 Å². The van der Waals surface area contributed by atoms with Gasteiger partial charge in [0.15, 0.2) is 11.5 Å². The van der Waals surface area contributed by atoms with Gasteiger partial charge in [-0.05, 0) is 51.7 Å². The van der Waals surface area contributed by atoms with Crippen LogP contribution in [-0.2, 0) is 47.6 Å². The molecule has 30 nitrogen and oxygen atoms in total. The van der Waals surface area contributed by atoms with Gasteiger partial charge in [-0.25, -0.2) is 9.98 Å². The number of aromatic hydroxyl groups is 4. The Morgan fingerprint density at radius 1 is 0.492 bits per heavy atom. The van der Waals surface area contributed by atoms with Crippen LogP contribution in [0.4, 0.5) is 11.4 Å². The molecule has 0 aromatic heterocycles. The molecule has 8 aliphatic rings. The average Bonchev–Trinajstić information content (AvgIpc) is 1.59. The van der Waals surface area contributed by atoms with Gasteiger partial charge in [0.1, 0.15) is 68.0 Å². The molecule has 8 bridgehead atoms. The van der Waals surface area contributed by atoms with Gasteiger partial charge in [0.25, 0.3) is 23.4 Å². The number of aliphatic hydroxyl groups excluding tert-OH is 4. The van der Waals surface area contributed by atoms with Crippen molar-refractivity contribution in [3.63, 3.8) is 0 Å². The standard InChI is InChI=1S/2C46H62N4O11/c2*1-22(2)21-50-18-16-46(17-19-50)48-34-31-32-39(54)28(8)42-33(31)43(56)45(10,61-42)59-20-15-30(58-11)25(5)41(60-29(9)51)27(7)38(53)26(6)37(52)23(3)13-12-14-24(4)44(57)47-36(40(32)55)35(34)49-46/h2*12-15,20,22-23,25-27,30,37-38,41,48,52-55H,16-19,21H2,1-11H3/b2*13-12-,20-15-,24-14-,47-36?/t2*23-,25-,26+,27+,30-,37-,38+,41-,45+/m11/s1. The number of amides is 2. The molecule has 664 valence electrons.